The molecule has 1 heterocycles. The second kappa shape index (κ2) is 10.4. The minimum Gasteiger partial charge on any atom is -0.489 e. The molecule has 0 amide bonds. The molecule has 4 nitrogen and oxygen atoms in total. The lowest BCUT2D eigenvalue weighted by Gasteiger charge is -2.26. The fourth-order valence-electron chi connectivity index (χ4n) is 3.76. The number of nitrogens with zero attached hydrogens (tertiary/aromatic N) is 1. The number of halogens is 2. The molecule has 162 valence electrons. The van der Waals surface area contributed by atoms with Gasteiger partial charge in [0.15, 0.2) is 0 Å². The molecule has 4 aromatic rings. The van der Waals surface area contributed by atoms with Crippen LogP contribution in [-0.4, -0.2) is 29.4 Å². The van der Waals surface area contributed by atoms with Crippen molar-refractivity contribution in [2.75, 3.05) is 13.6 Å². The highest BCUT2D eigenvalue weighted by atomic mass is 35.5. The number of hydrogen-bond acceptors (Lipinski definition) is 3. The largest absolute Gasteiger partial charge is 0.489 e. The lowest BCUT2D eigenvalue weighted by atomic mass is 10.0. The predicted molar refractivity (Wildman–Crippen MR) is 124 cm³/mol. The Morgan fingerprint density at radius 3 is 2.45 bits per heavy atom. The smallest absolute Gasteiger partial charge is 0.123 e. The highest BCUT2D eigenvalue weighted by molar-refractivity contribution is 5.85. The summed E-state index contributed by atoms with van der Waals surface area (Å²) in [6, 6.07) is 24.1. The molecule has 3 aromatic carbocycles. The molecule has 0 spiro atoms. The number of aromatic nitrogens is 1. The van der Waals surface area contributed by atoms with Crippen molar-refractivity contribution in [1.29, 1.82) is 0 Å². The molecule has 1 aromatic heterocycles. The van der Waals surface area contributed by atoms with Crippen molar-refractivity contribution in [3.05, 3.63) is 102 Å². The first-order valence-electron chi connectivity index (χ1n) is 10.0. The second-order valence-electron chi connectivity index (χ2n) is 7.34. The number of nitrogens with one attached hydrogen (secondary N) is 1. The van der Waals surface area contributed by atoms with E-state index in [1.807, 2.05) is 67.8 Å². The van der Waals surface area contributed by atoms with Crippen molar-refractivity contribution in [3.63, 3.8) is 0 Å². The molecule has 4 rings (SSSR count). The SMILES string of the molecule is CNC[C@@H](O)[C@H](c1ccccc1)n1ccc2cc(OCc3ccc(F)cc3)ccc21.Cl. The Kier molecular flexibility index (Phi) is 7.69. The fraction of sp³-hybridized carbons (Fsp3) is 0.200. The maximum atomic E-state index is 13.1. The van der Waals surface area contributed by atoms with Gasteiger partial charge in [0.05, 0.1) is 12.1 Å². The highest BCUT2D eigenvalue weighted by Gasteiger charge is 2.23. The third kappa shape index (κ3) is 5.25. The highest BCUT2D eigenvalue weighted by Crippen LogP contribution is 2.30. The van der Waals surface area contributed by atoms with E-state index in [9.17, 15) is 9.50 Å². The Labute approximate surface area is 187 Å². The van der Waals surface area contributed by atoms with E-state index in [-0.39, 0.29) is 24.3 Å². The van der Waals surface area contributed by atoms with Gasteiger partial charge < -0.3 is 19.7 Å². The van der Waals surface area contributed by atoms with Crippen molar-refractivity contribution in [1.82, 2.24) is 9.88 Å². The Morgan fingerprint density at radius 2 is 1.74 bits per heavy atom. The Hall–Kier alpha value is -2.86. The van der Waals surface area contributed by atoms with Gasteiger partial charge in [-0.25, -0.2) is 4.39 Å². The second-order valence-corrected chi connectivity index (χ2v) is 7.34. The van der Waals surface area contributed by atoms with E-state index in [0.29, 0.717) is 13.2 Å². The van der Waals surface area contributed by atoms with Crippen LogP contribution in [0.2, 0.25) is 0 Å². The van der Waals surface area contributed by atoms with Gasteiger partial charge in [0.1, 0.15) is 18.2 Å². The van der Waals surface area contributed by atoms with Gasteiger partial charge >= 0.3 is 0 Å². The molecule has 6 heteroatoms. The van der Waals surface area contributed by atoms with Crippen LogP contribution in [0.4, 0.5) is 4.39 Å². The van der Waals surface area contributed by atoms with E-state index < -0.39 is 6.10 Å². The number of hydrogen-bond donors (Lipinski definition) is 2. The zero-order valence-corrected chi connectivity index (χ0v) is 18.1. The van der Waals surface area contributed by atoms with Crippen LogP contribution in [0.25, 0.3) is 10.9 Å². The number of likely N-dealkylation sites (N-methyl/N-ethyl adjacent to an activating group) is 1. The van der Waals surface area contributed by atoms with E-state index >= 15 is 0 Å². The van der Waals surface area contributed by atoms with Gasteiger partial charge in [0, 0.05) is 23.6 Å². The van der Waals surface area contributed by atoms with Crippen LogP contribution < -0.4 is 10.1 Å². The summed E-state index contributed by atoms with van der Waals surface area (Å²) >= 11 is 0. The van der Waals surface area contributed by atoms with Crippen LogP contribution in [-0.2, 0) is 6.61 Å². The van der Waals surface area contributed by atoms with E-state index in [1.165, 1.54) is 12.1 Å². The van der Waals surface area contributed by atoms with Gasteiger partial charge in [0.2, 0.25) is 0 Å². The number of fused-ring (bicyclic) bond motifs is 1. The van der Waals surface area contributed by atoms with Crippen LogP contribution in [0.5, 0.6) is 5.75 Å². The molecule has 2 N–H and O–H groups in total. The third-order valence-corrected chi connectivity index (χ3v) is 5.23. The number of rotatable bonds is 8. The lowest BCUT2D eigenvalue weighted by Crippen LogP contribution is -2.33. The lowest BCUT2D eigenvalue weighted by molar-refractivity contribution is 0.132. The molecule has 0 radical (unpaired) electrons. The zero-order chi connectivity index (χ0) is 20.9. The Bertz CT molecular complexity index is 1100. The number of aliphatic hydroxyl groups excluding tert-OH is 1. The molecule has 0 fully saturated rings. The minimum absolute atomic E-state index is 0. The Morgan fingerprint density at radius 1 is 1.00 bits per heavy atom. The summed E-state index contributed by atoms with van der Waals surface area (Å²) in [6.07, 6.45) is 1.42. The molecule has 0 aliphatic heterocycles. The van der Waals surface area contributed by atoms with E-state index in [2.05, 4.69) is 9.88 Å². The number of ether oxygens (including phenoxy) is 1. The maximum Gasteiger partial charge on any atom is 0.123 e. The quantitative estimate of drug-likeness (QED) is 0.407. The molecule has 0 unspecified atom stereocenters. The van der Waals surface area contributed by atoms with Gasteiger partial charge in [-0.3, -0.25) is 0 Å². The predicted octanol–water partition coefficient (Wildman–Crippen LogP) is 4.95. The molecule has 31 heavy (non-hydrogen) atoms. The van der Waals surface area contributed by atoms with Crippen LogP contribution in [0.15, 0.2) is 85.1 Å². The van der Waals surface area contributed by atoms with Crippen molar-refractivity contribution >= 4 is 23.3 Å². The molecular weight excluding hydrogens is 415 g/mol. The van der Waals surface area contributed by atoms with Gasteiger partial charge in [-0.05, 0) is 54.6 Å². The first kappa shape index (κ1) is 22.8. The summed E-state index contributed by atoms with van der Waals surface area (Å²) in [5, 5.41) is 14.9. The average molecular weight is 441 g/mol. The van der Waals surface area contributed by atoms with Gasteiger partial charge in [-0.1, -0.05) is 42.5 Å². The molecule has 2 atom stereocenters. The van der Waals surface area contributed by atoms with Crippen LogP contribution >= 0.6 is 12.4 Å². The molecule has 0 bridgehead atoms. The van der Waals surface area contributed by atoms with E-state index in [1.54, 1.807) is 12.1 Å². The zero-order valence-electron chi connectivity index (χ0n) is 17.2. The third-order valence-electron chi connectivity index (χ3n) is 5.23. The molecule has 0 aliphatic rings. The summed E-state index contributed by atoms with van der Waals surface area (Å²) in [4.78, 5) is 0. The molecule has 0 aliphatic carbocycles. The topological polar surface area (TPSA) is 46.4 Å². The van der Waals surface area contributed by atoms with Crippen molar-refractivity contribution < 1.29 is 14.2 Å². The van der Waals surface area contributed by atoms with Gasteiger partial charge in [-0.15, -0.1) is 12.4 Å². The van der Waals surface area contributed by atoms with Crippen LogP contribution in [0.3, 0.4) is 0 Å². The first-order valence-corrected chi connectivity index (χ1v) is 10.0. The number of benzene rings is 3. The minimum atomic E-state index is -0.581. The van der Waals surface area contributed by atoms with Gasteiger partial charge in [0.25, 0.3) is 0 Å². The first-order chi connectivity index (χ1) is 14.7. The Balaban J connectivity index is 0.00000272. The fourth-order valence-corrected chi connectivity index (χ4v) is 3.76. The summed E-state index contributed by atoms with van der Waals surface area (Å²) < 4.78 is 21.1. The normalized spacial score (nSPS) is 12.9. The van der Waals surface area contributed by atoms with Crippen molar-refractivity contribution in [3.8, 4) is 5.75 Å². The van der Waals surface area contributed by atoms with Crippen LogP contribution in [0, 0.1) is 5.82 Å². The molecular formula is C25H26ClFN2O2. The van der Waals surface area contributed by atoms with Gasteiger partial charge in [-0.2, -0.15) is 0 Å². The standard InChI is InChI=1S/C25H25FN2O2.ClH/c1-27-16-24(29)25(19-5-3-2-4-6-19)28-14-13-20-15-22(11-12-23(20)28)30-17-18-7-9-21(26)10-8-18;/h2-15,24-25,27,29H,16-17H2,1H3;1H/t24-,25+;/m1./s1. The van der Waals surface area contributed by atoms with E-state index in [4.69, 9.17) is 4.74 Å². The summed E-state index contributed by atoms with van der Waals surface area (Å²) in [5.41, 5.74) is 2.98. The van der Waals surface area contributed by atoms with Crippen molar-refractivity contribution in [2.24, 2.45) is 0 Å². The molecule has 0 saturated carbocycles. The summed E-state index contributed by atoms with van der Waals surface area (Å²) in [7, 11) is 1.84. The summed E-state index contributed by atoms with van der Waals surface area (Å²) in [6.45, 7) is 0.859. The average Bonchev–Trinajstić information content (AvgIpc) is 3.17. The van der Waals surface area contributed by atoms with E-state index in [0.717, 1.165) is 27.8 Å². The molecule has 0 saturated heterocycles. The monoisotopic (exact) mass is 440 g/mol. The number of aliphatic hydroxyl groups is 1. The summed E-state index contributed by atoms with van der Waals surface area (Å²) in [5.74, 6) is 0.492. The van der Waals surface area contributed by atoms with Crippen LogP contribution in [0.1, 0.15) is 17.2 Å². The maximum absolute atomic E-state index is 13.1. The van der Waals surface area contributed by atoms with Crippen molar-refractivity contribution in [2.45, 2.75) is 18.8 Å².